The van der Waals surface area contributed by atoms with E-state index in [1.54, 1.807) is 24.6 Å². The Morgan fingerprint density at radius 1 is 1.40 bits per heavy atom. The summed E-state index contributed by atoms with van der Waals surface area (Å²) in [7, 11) is -1.84. The van der Waals surface area contributed by atoms with Gasteiger partial charge in [0.05, 0.1) is 0 Å². The van der Waals surface area contributed by atoms with Crippen LogP contribution in [0.1, 0.15) is 45.4 Å². The number of hydrogen-bond donors (Lipinski definition) is 1. The molecule has 25 heavy (non-hydrogen) atoms. The molecule has 4 atom stereocenters. The lowest BCUT2D eigenvalue weighted by molar-refractivity contribution is -0.122. The predicted molar refractivity (Wildman–Crippen MR) is 99.9 cm³/mol. The average Bonchev–Trinajstić information content (AvgIpc) is 3.31. The maximum atomic E-state index is 12.3. The monoisotopic (exact) mass is 384 g/mol. The van der Waals surface area contributed by atoms with Crippen molar-refractivity contribution in [1.82, 2.24) is 9.62 Å². The first-order valence-electron chi connectivity index (χ1n) is 9.17. The molecular formula is C18H28N2O3S2. The number of amides is 1. The third-order valence-electron chi connectivity index (χ3n) is 5.86. The van der Waals surface area contributed by atoms with Crippen molar-refractivity contribution in [2.75, 3.05) is 13.6 Å². The maximum absolute atomic E-state index is 12.3. The molecule has 1 aromatic rings. The Labute approximate surface area is 154 Å². The molecule has 0 aliphatic heterocycles. The fraction of sp³-hybridized carbons (Fsp3) is 0.722. The Kier molecular flexibility index (Phi) is 5.85. The van der Waals surface area contributed by atoms with Crippen LogP contribution >= 0.6 is 11.3 Å². The zero-order valence-corrected chi connectivity index (χ0v) is 16.6. The third-order valence-corrected chi connectivity index (χ3v) is 9.09. The van der Waals surface area contributed by atoms with Crippen molar-refractivity contribution in [3.63, 3.8) is 0 Å². The number of nitrogens with zero attached hydrogens (tertiary/aromatic N) is 1. The molecule has 5 nitrogen and oxygen atoms in total. The highest BCUT2D eigenvalue weighted by Crippen LogP contribution is 2.49. The van der Waals surface area contributed by atoms with Gasteiger partial charge in [-0.05, 0) is 61.8 Å². The number of fused-ring (bicyclic) bond motifs is 2. The van der Waals surface area contributed by atoms with E-state index in [4.69, 9.17) is 0 Å². The third kappa shape index (κ3) is 4.26. The number of rotatable bonds is 8. The summed E-state index contributed by atoms with van der Waals surface area (Å²) in [5.74, 6) is 2.34. The van der Waals surface area contributed by atoms with Crippen LogP contribution in [-0.4, -0.2) is 38.3 Å². The SMILES string of the molecule is CC(NC(=O)CCCN(C)S(=O)(=O)c1cccs1)C1CC2CCC1C2. The highest BCUT2D eigenvalue weighted by molar-refractivity contribution is 7.91. The van der Waals surface area contributed by atoms with Crippen LogP contribution in [0.15, 0.2) is 21.7 Å². The fourth-order valence-corrected chi connectivity index (χ4v) is 6.90. The van der Waals surface area contributed by atoms with Crippen molar-refractivity contribution in [3.8, 4) is 0 Å². The molecule has 0 aromatic carbocycles. The van der Waals surface area contributed by atoms with Gasteiger partial charge in [-0.3, -0.25) is 4.79 Å². The summed E-state index contributed by atoms with van der Waals surface area (Å²) in [6.45, 7) is 2.48. The zero-order chi connectivity index (χ0) is 18.0. The van der Waals surface area contributed by atoms with E-state index in [0.717, 1.165) is 11.8 Å². The lowest BCUT2D eigenvalue weighted by atomic mass is 9.84. The molecule has 1 aromatic heterocycles. The molecule has 2 aliphatic carbocycles. The quantitative estimate of drug-likeness (QED) is 0.749. The molecule has 140 valence electrons. The molecule has 2 saturated carbocycles. The van der Waals surface area contributed by atoms with Crippen LogP contribution in [0.4, 0.5) is 0 Å². The van der Waals surface area contributed by atoms with E-state index < -0.39 is 10.0 Å². The minimum absolute atomic E-state index is 0.0391. The van der Waals surface area contributed by atoms with Gasteiger partial charge < -0.3 is 5.32 Å². The highest BCUT2D eigenvalue weighted by Gasteiger charge is 2.42. The second-order valence-corrected chi connectivity index (χ2v) is 10.8. The van der Waals surface area contributed by atoms with Gasteiger partial charge in [-0.2, -0.15) is 0 Å². The van der Waals surface area contributed by atoms with E-state index in [1.165, 1.54) is 41.3 Å². The molecule has 3 rings (SSSR count). The van der Waals surface area contributed by atoms with Gasteiger partial charge >= 0.3 is 0 Å². The van der Waals surface area contributed by atoms with Crippen molar-refractivity contribution in [2.24, 2.45) is 17.8 Å². The van der Waals surface area contributed by atoms with Crippen LogP contribution in [0.3, 0.4) is 0 Å². The number of thiophene rings is 1. The first-order valence-corrected chi connectivity index (χ1v) is 11.5. The Hall–Kier alpha value is -0.920. The van der Waals surface area contributed by atoms with E-state index in [-0.39, 0.29) is 11.9 Å². The van der Waals surface area contributed by atoms with E-state index in [0.29, 0.717) is 29.5 Å². The van der Waals surface area contributed by atoms with Gasteiger partial charge in [0.2, 0.25) is 5.91 Å². The molecule has 1 heterocycles. The van der Waals surface area contributed by atoms with Crippen LogP contribution in [-0.2, 0) is 14.8 Å². The number of hydrogen-bond acceptors (Lipinski definition) is 4. The van der Waals surface area contributed by atoms with E-state index in [1.807, 2.05) is 0 Å². The summed E-state index contributed by atoms with van der Waals surface area (Å²) in [6.07, 6.45) is 6.20. The molecule has 4 unspecified atom stereocenters. The summed E-state index contributed by atoms with van der Waals surface area (Å²) in [4.78, 5) is 12.2. The second-order valence-electron chi connectivity index (χ2n) is 7.56. The second kappa shape index (κ2) is 7.76. The van der Waals surface area contributed by atoms with Gasteiger partial charge in [0, 0.05) is 26.1 Å². The van der Waals surface area contributed by atoms with Gasteiger partial charge in [0.25, 0.3) is 10.0 Å². The molecule has 2 bridgehead atoms. The topological polar surface area (TPSA) is 66.5 Å². The van der Waals surface area contributed by atoms with Crippen molar-refractivity contribution >= 4 is 27.3 Å². The smallest absolute Gasteiger partial charge is 0.252 e. The first kappa shape index (κ1) is 18.9. The van der Waals surface area contributed by atoms with Crippen LogP contribution in [0, 0.1) is 17.8 Å². The molecule has 7 heteroatoms. The van der Waals surface area contributed by atoms with Crippen molar-refractivity contribution in [2.45, 2.75) is 55.7 Å². The van der Waals surface area contributed by atoms with Gasteiger partial charge in [0.1, 0.15) is 4.21 Å². The van der Waals surface area contributed by atoms with E-state index in [9.17, 15) is 13.2 Å². The Balaban J connectivity index is 1.40. The van der Waals surface area contributed by atoms with Gasteiger partial charge in [-0.25, -0.2) is 12.7 Å². The van der Waals surface area contributed by atoms with Crippen LogP contribution < -0.4 is 5.32 Å². The highest BCUT2D eigenvalue weighted by atomic mass is 32.2. The number of carbonyl (C=O) groups excluding carboxylic acids is 1. The van der Waals surface area contributed by atoms with Crippen molar-refractivity contribution in [1.29, 1.82) is 0 Å². The fourth-order valence-electron chi connectivity index (χ4n) is 4.49. The summed E-state index contributed by atoms with van der Waals surface area (Å²) in [5.41, 5.74) is 0. The van der Waals surface area contributed by atoms with E-state index >= 15 is 0 Å². The minimum Gasteiger partial charge on any atom is -0.353 e. The zero-order valence-electron chi connectivity index (χ0n) is 15.0. The largest absolute Gasteiger partial charge is 0.353 e. The Morgan fingerprint density at radius 2 is 2.20 bits per heavy atom. The summed E-state index contributed by atoms with van der Waals surface area (Å²) in [6, 6.07) is 3.58. The number of nitrogens with one attached hydrogen (secondary N) is 1. The predicted octanol–water partition coefficient (Wildman–Crippen LogP) is 3.09. The Bertz CT molecular complexity index is 687. The number of sulfonamides is 1. The van der Waals surface area contributed by atoms with Gasteiger partial charge in [-0.1, -0.05) is 12.5 Å². The number of carbonyl (C=O) groups is 1. The van der Waals surface area contributed by atoms with E-state index in [2.05, 4.69) is 12.2 Å². The maximum Gasteiger partial charge on any atom is 0.252 e. The van der Waals surface area contributed by atoms with Gasteiger partial charge in [0.15, 0.2) is 0 Å². The van der Waals surface area contributed by atoms with Crippen molar-refractivity contribution < 1.29 is 13.2 Å². The summed E-state index contributed by atoms with van der Waals surface area (Å²) in [5, 5.41) is 4.90. The molecule has 2 fully saturated rings. The minimum atomic E-state index is -3.42. The summed E-state index contributed by atoms with van der Waals surface area (Å²) < 4.78 is 26.3. The lowest BCUT2D eigenvalue weighted by Crippen LogP contribution is -2.40. The van der Waals surface area contributed by atoms with Crippen LogP contribution in [0.5, 0.6) is 0 Å². The molecule has 0 radical (unpaired) electrons. The van der Waals surface area contributed by atoms with Crippen LogP contribution in [0.2, 0.25) is 0 Å². The molecular weight excluding hydrogens is 356 g/mol. The molecule has 2 aliphatic rings. The van der Waals surface area contributed by atoms with Crippen LogP contribution in [0.25, 0.3) is 0 Å². The average molecular weight is 385 g/mol. The Morgan fingerprint density at radius 3 is 2.80 bits per heavy atom. The van der Waals surface area contributed by atoms with Gasteiger partial charge in [-0.15, -0.1) is 11.3 Å². The summed E-state index contributed by atoms with van der Waals surface area (Å²) >= 11 is 1.22. The van der Waals surface area contributed by atoms with Crippen molar-refractivity contribution in [3.05, 3.63) is 17.5 Å². The molecule has 0 spiro atoms. The molecule has 1 amide bonds. The first-order chi connectivity index (χ1) is 11.9. The standard InChI is InChI=1S/C18H28N2O3S2/c1-13(16-12-14-7-8-15(16)11-14)19-17(21)5-3-9-20(2)25(22,23)18-6-4-10-24-18/h4,6,10,13-16H,3,5,7-9,11-12H2,1-2H3,(H,19,21). The molecule has 0 saturated heterocycles. The normalized spacial score (nSPS) is 26.9. The lowest BCUT2D eigenvalue weighted by Gasteiger charge is -2.28. The molecule has 1 N–H and O–H groups in total.